The highest BCUT2D eigenvalue weighted by Crippen LogP contribution is 2.41. The molecule has 2 N–H and O–H groups in total. The summed E-state index contributed by atoms with van der Waals surface area (Å²) in [6, 6.07) is 0. The Labute approximate surface area is 119 Å². The second-order valence-electron chi connectivity index (χ2n) is 5.93. The van der Waals surface area contributed by atoms with Crippen molar-refractivity contribution in [2.45, 2.75) is 44.5 Å². The van der Waals surface area contributed by atoms with Gasteiger partial charge in [0.1, 0.15) is 5.60 Å². The van der Waals surface area contributed by atoms with Gasteiger partial charge in [0.05, 0.1) is 0 Å². The van der Waals surface area contributed by atoms with Crippen LogP contribution in [0.1, 0.15) is 36.7 Å². The molecule has 8 heteroatoms. The van der Waals surface area contributed by atoms with Crippen molar-refractivity contribution in [1.29, 1.82) is 0 Å². The minimum absolute atomic E-state index is 0.00805. The molecule has 1 aromatic rings. The fourth-order valence-electron chi connectivity index (χ4n) is 2.84. The number of carbonyl (C=O) groups excluding carboxylic acids is 1. The number of carbonyl (C=O) groups is 1. The van der Waals surface area contributed by atoms with E-state index < -0.39 is 23.4 Å². The first kappa shape index (κ1) is 14.4. The third-order valence-corrected chi connectivity index (χ3v) is 4.29. The highest BCUT2D eigenvalue weighted by Gasteiger charge is 2.48. The summed E-state index contributed by atoms with van der Waals surface area (Å²) in [5, 5.41) is 16.0. The number of aliphatic hydroxyl groups is 1. The van der Waals surface area contributed by atoms with Gasteiger partial charge in [-0.2, -0.15) is 18.3 Å². The van der Waals surface area contributed by atoms with Crippen molar-refractivity contribution in [2.24, 2.45) is 5.92 Å². The maximum atomic E-state index is 12.9. The number of nitrogens with one attached hydrogen (secondary N) is 1. The van der Waals surface area contributed by atoms with Gasteiger partial charge in [-0.3, -0.25) is 9.89 Å². The van der Waals surface area contributed by atoms with E-state index in [-0.39, 0.29) is 31.0 Å². The third kappa shape index (κ3) is 2.41. The first-order chi connectivity index (χ1) is 9.71. The number of H-pyrrole nitrogens is 1. The predicted octanol–water partition coefficient (Wildman–Crippen LogP) is 1.47. The number of nitrogens with zero attached hydrogens (tertiary/aromatic N) is 2. The predicted molar refractivity (Wildman–Crippen MR) is 66.1 cm³/mol. The summed E-state index contributed by atoms with van der Waals surface area (Å²) < 4.78 is 38.6. The summed E-state index contributed by atoms with van der Waals surface area (Å²) in [4.78, 5) is 13.7. The largest absolute Gasteiger partial charge is 0.435 e. The molecule has 1 saturated carbocycles. The van der Waals surface area contributed by atoms with Gasteiger partial charge in [0.2, 0.25) is 0 Å². The lowest BCUT2D eigenvalue weighted by atomic mass is 9.96. The Morgan fingerprint density at radius 1 is 1.43 bits per heavy atom. The second kappa shape index (κ2) is 4.46. The van der Waals surface area contributed by atoms with E-state index in [0.717, 1.165) is 12.8 Å². The maximum Gasteiger partial charge on any atom is 0.435 e. The number of hydrogen-bond acceptors (Lipinski definition) is 3. The van der Waals surface area contributed by atoms with Gasteiger partial charge in [-0.1, -0.05) is 0 Å². The lowest BCUT2D eigenvalue weighted by Gasteiger charge is -2.33. The number of aromatic nitrogens is 2. The molecule has 1 aliphatic heterocycles. The monoisotopic (exact) mass is 303 g/mol. The van der Waals surface area contributed by atoms with Crippen LogP contribution in [0.15, 0.2) is 0 Å². The van der Waals surface area contributed by atoms with Crippen LogP contribution in [0.5, 0.6) is 0 Å². The Hall–Kier alpha value is -1.57. The second-order valence-corrected chi connectivity index (χ2v) is 5.93. The number of alkyl halides is 3. The lowest BCUT2D eigenvalue weighted by Crippen LogP contribution is -2.50. The molecule has 1 aromatic heterocycles. The molecule has 116 valence electrons. The minimum atomic E-state index is -4.55. The van der Waals surface area contributed by atoms with Gasteiger partial charge in [-0.05, 0) is 25.7 Å². The Kier molecular flexibility index (Phi) is 3.05. The average Bonchev–Trinajstić information content (AvgIpc) is 3.16. The Bertz CT molecular complexity index is 576. The van der Waals surface area contributed by atoms with Crippen molar-refractivity contribution < 1.29 is 23.1 Å². The summed E-state index contributed by atoms with van der Waals surface area (Å²) >= 11 is 0. The molecule has 1 amide bonds. The molecule has 0 saturated heterocycles. The van der Waals surface area contributed by atoms with Crippen LogP contribution in [0, 0.1) is 5.92 Å². The van der Waals surface area contributed by atoms with Crippen LogP contribution in [0.25, 0.3) is 0 Å². The minimum Gasteiger partial charge on any atom is -0.380 e. The molecule has 1 aliphatic carbocycles. The van der Waals surface area contributed by atoms with Crippen molar-refractivity contribution >= 4 is 5.91 Å². The lowest BCUT2D eigenvalue weighted by molar-refractivity contribution is -0.153. The van der Waals surface area contributed by atoms with Crippen LogP contribution in [0.4, 0.5) is 13.2 Å². The van der Waals surface area contributed by atoms with Crippen LogP contribution in [-0.2, 0) is 23.9 Å². The first-order valence-electron chi connectivity index (χ1n) is 6.86. The highest BCUT2D eigenvalue weighted by molar-refractivity contribution is 5.85. The Balaban J connectivity index is 1.84. The van der Waals surface area contributed by atoms with Crippen molar-refractivity contribution in [3.8, 4) is 0 Å². The van der Waals surface area contributed by atoms with Gasteiger partial charge < -0.3 is 10.0 Å². The molecule has 21 heavy (non-hydrogen) atoms. The number of aromatic amines is 1. The molecular weight excluding hydrogens is 287 g/mol. The molecule has 0 bridgehead atoms. The van der Waals surface area contributed by atoms with Gasteiger partial charge in [-0.15, -0.1) is 0 Å². The van der Waals surface area contributed by atoms with Crippen LogP contribution >= 0.6 is 0 Å². The maximum absolute atomic E-state index is 12.9. The van der Waals surface area contributed by atoms with Crippen LogP contribution in [0.2, 0.25) is 0 Å². The van der Waals surface area contributed by atoms with E-state index in [2.05, 4.69) is 10.2 Å². The Morgan fingerprint density at radius 2 is 2.10 bits per heavy atom. The van der Waals surface area contributed by atoms with Crippen LogP contribution in [-0.4, -0.2) is 38.3 Å². The van der Waals surface area contributed by atoms with E-state index in [4.69, 9.17) is 0 Å². The van der Waals surface area contributed by atoms with Gasteiger partial charge >= 0.3 is 6.18 Å². The van der Waals surface area contributed by atoms with E-state index in [9.17, 15) is 23.1 Å². The van der Waals surface area contributed by atoms with Crippen LogP contribution in [0.3, 0.4) is 0 Å². The molecule has 2 heterocycles. The summed E-state index contributed by atoms with van der Waals surface area (Å²) in [6.45, 7) is 1.57. The quantitative estimate of drug-likeness (QED) is 0.869. The van der Waals surface area contributed by atoms with E-state index in [1.807, 2.05) is 0 Å². The fraction of sp³-hybridized carbons (Fsp3) is 0.692. The van der Waals surface area contributed by atoms with E-state index >= 15 is 0 Å². The van der Waals surface area contributed by atoms with Gasteiger partial charge in [0.15, 0.2) is 5.69 Å². The van der Waals surface area contributed by atoms with Crippen molar-refractivity contribution in [1.82, 2.24) is 15.1 Å². The topological polar surface area (TPSA) is 69.2 Å². The first-order valence-corrected chi connectivity index (χ1v) is 6.86. The van der Waals surface area contributed by atoms with E-state index in [1.165, 1.54) is 11.8 Å². The molecular formula is C13H16F3N3O2. The zero-order chi connectivity index (χ0) is 15.4. The number of hydrogen-bond donors (Lipinski definition) is 2. The standard InChI is InChI=1S/C13H16F3N3O2/c1-12(21,7-2-3-7)11(20)19-5-4-9-8(6-19)10(18-17-9)13(14,15)16/h7,21H,2-6H2,1H3,(H,17,18). The summed E-state index contributed by atoms with van der Waals surface area (Å²) in [7, 11) is 0. The summed E-state index contributed by atoms with van der Waals surface area (Å²) in [5.41, 5.74) is -2.04. The number of fused-ring (bicyclic) bond motifs is 1. The van der Waals surface area contributed by atoms with Crippen molar-refractivity contribution in [2.75, 3.05) is 6.54 Å². The molecule has 0 radical (unpaired) electrons. The molecule has 1 unspecified atom stereocenters. The van der Waals surface area contributed by atoms with Gasteiger partial charge in [0, 0.05) is 30.8 Å². The normalized spacial score (nSPS) is 21.9. The third-order valence-electron chi connectivity index (χ3n) is 4.29. The molecule has 1 atom stereocenters. The summed E-state index contributed by atoms with van der Waals surface area (Å²) in [6.07, 6.45) is -2.71. The van der Waals surface area contributed by atoms with E-state index in [0.29, 0.717) is 5.69 Å². The number of halogens is 3. The molecule has 3 rings (SSSR count). The van der Waals surface area contributed by atoms with Crippen molar-refractivity contribution in [3.05, 3.63) is 17.0 Å². The van der Waals surface area contributed by atoms with Gasteiger partial charge in [0.25, 0.3) is 5.91 Å². The van der Waals surface area contributed by atoms with Gasteiger partial charge in [-0.25, -0.2) is 0 Å². The van der Waals surface area contributed by atoms with Crippen molar-refractivity contribution in [3.63, 3.8) is 0 Å². The molecule has 0 spiro atoms. The molecule has 5 nitrogen and oxygen atoms in total. The molecule has 0 aromatic carbocycles. The molecule has 1 fully saturated rings. The fourth-order valence-corrected chi connectivity index (χ4v) is 2.84. The zero-order valence-electron chi connectivity index (χ0n) is 11.5. The summed E-state index contributed by atoms with van der Waals surface area (Å²) in [5.74, 6) is -0.581. The average molecular weight is 303 g/mol. The highest BCUT2D eigenvalue weighted by atomic mass is 19.4. The molecule has 2 aliphatic rings. The van der Waals surface area contributed by atoms with E-state index in [1.54, 1.807) is 0 Å². The van der Waals surface area contributed by atoms with Crippen LogP contribution < -0.4 is 0 Å². The SMILES string of the molecule is CC(O)(C(=O)N1CCc2[nH]nc(C(F)(F)F)c2C1)C1CC1. The smallest absolute Gasteiger partial charge is 0.380 e. The Morgan fingerprint density at radius 3 is 2.67 bits per heavy atom. The zero-order valence-corrected chi connectivity index (χ0v) is 11.5. The number of amides is 1. The number of rotatable bonds is 2.